The molecule has 0 aliphatic heterocycles. The molecule has 2 aromatic carbocycles. The summed E-state index contributed by atoms with van der Waals surface area (Å²) < 4.78 is 5.60. The minimum absolute atomic E-state index is 0.000691. The van der Waals surface area contributed by atoms with Gasteiger partial charge >= 0.3 is 12.1 Å². The Morgan fingerprint density at radius 1 is 0.971 bits per heavy atom. The molecule has 2 aliphatic rings. The molecule has 0 bridgehead atoms. The smallest absolute Gasteiger partial charge is 0.407 e. The molecule has 2 atom stereocenters. The number of amides is 2. The zero-order chi connectivity index (χ0) is 24.3. The van der Waals surface area contributed by atoms with E-state index in [4.69, 9.17) is 4.74 Å². The Morgan fingerprint density at radius 2 is 1.59 bits per heavy atom. The number of alkyl carbamates (subject to hydrolysis) is 1. The molecule has 180 valence electrons. The van der Waals surface area contributed by atoms with Gasteiger partial charge < -0.3 is 20.5 Å². The highest BCUT2D eigenvalue weighted by atomic mass is 16.5. The Kier molecular flexibility index (Phi) is 6.91. The summed E-state index contributed by atoms with van der Waals surface area (Å²) in [5.74, 6) is -1.33. The molecule has 7 nitrogen and oxygen atoms in total. The van der Waals surface area contributed by atoms with Crippen LogP contribution in [0.2, 0.25) is 0 Å². The monoisotopic (exact) mass is 464 g/mol. The van der Waals surface area contributed by atoms with Gasteiger partial charge in [0, 0.05) is 24.9 Å². The highest BCUT2D eigenvalue weighted by Gasteiger charge is 2.35. The zero-order valence-electron chi connectivity index (χ0n) is 19.7. The van der Waals surface area contributed by atoms with Crippen molar-refractivity contribution >= 4 is 18.0 Å². The lowest BCUT2D eigenvalue weighted by atomic mass is 9.92. The second kappa shape index (κ2) is 9.87. The van der Waals surface area contributed by atoms with E-state index in [2.05, 4.69) is 34.9 Å². The van der Waals surface area contributed by atoms with Gasteiger partial charge in [-0.25, -0.2) is 4.79 Å². The van der Waals surface area contributed by atoms with E-state index in [-0.39, 0.29) is 36.8 Å². The number of benzene rings is 2. The molecule has 34 heavy (non-hydrogen) atoms. The number of hydrogen-bond donors (Lipinski definition) is 3. The number of aliphatic carboxylic acids is 1. The molecule has 7 heteroatoms. The largest absolute Gasteiger partial charge is 0.481 e. The predicted octanol–water partition coefficient (Wildman–Crippen LogP) is 4.17. The maximum absolute atomic E-state index is 12.7. The third-order valence-corrected chi connectivity index (χ3v) is 7.13. The van der Waals surface area contributed by atoms with Crippen molar-refractivity contribution in [2.45, 2.75) is 39.0 Å². The van der Waals surface area contributed by atoms with Gasteiger partial charge in [0.25, 0.3) is 0 Å². The van der Waals surface area contributed by atoms with Crippen molar-refractivity contribution in [3.05, 3.63) is 59.7 Å². The van der Waals surface area contributed by atoms with Crippen molar-refractivity contribution in [2.24, 2.45) is 17.3 Å². The number of carbonyl (C=O) groups is 3. The van der Waals surface area contributed by atoms with E-state index in [0.29, 0.717) is 6.54 Å². The fourth-order valence-electron chi connectivity index (χ4n) is 5.00. The number of ether oxygens (including phenoxy) is 1. The Hall–Kier alpha value is -3.35. The number of nitrogens with one attached hydrogen (secondary N) is 2. The first-order valence-electron chi connectivity index (χ1n) is 11.9. The van der Waals surface area contributed by atoms with E-state index in [1.807, 2.05) is 24.3 Å². The Labute approximate surface area is 199 Å². The molecule has 0 spiro atoms. The second-order valence-electron chi connectivity index (χ2n) is 9.91. The minimum Gasteiger partial charge on any atom is -0.481 e. The molecular weight excluding hydrogens is 432 g/mol. The van der Waals surface area contributed by atoms with Crippen molar-refractivity contribution in [1.82, 2.24) is 10.6 Å². The molecule has 0 unspecified atom stereocenters. The van der Waals surface area contributed by atoms with Gasteiger partial charge in [-0.3, -0.25) is 9.59 Å². The SMILES string of the molecule is CC(C)(CNC(=O)[C@H]1CCC[C@H]1CNC(=O)OCC1c2ccccc2-c2ccccc21)C(=O)O. The molecule has 2 aromatic rings. The number of hydrogen-bond acceptors (Lipinski definition) is 4. The van der Waals surface area contributed by atoms with Crippen molar-refractivity contribution < 1.29 is 24.2 Å². The zero-order valence-corrected chi connectivity index (χ0v) is 19.7. The Morgan fingerprint density at radius 3 is 2.21 bits per heavy atom. The molecule has 3 N–H and O–H groups in total. The van der Waals surface area contributed by atoms with Crippen LogP contribution in [0.5, 0.6) is 0 Å². The third kappa shape index (κ3) is 4.93. The summed E-state index contributed by atoms with van der Waals surface area (Å²) in [7, 11) is 0. The highest BCUT2D eigenvalue weighted by molar-refractivity contribution is 5.81. The molecule has 4 rings (SSSR count). The number of carbonyl (C=O) groups excluding carboxylic acids is 2. The molecule has 1 fully saturated rings. The summed E-state index contributed by atoms with van der Waals surface area (Å²) in [6.07, 6.45) is 1.98. The van der Waals surface area contributed by atoms with Crippen LogP contribution in [0.3, 0.4) is 0 Å². The summed E-state index contributed by atoms with van der Waals surface area (Å²) in [6, 6.07) is 16.4. The molecule has 0 aromatic heterocycles. The summed E-state index contributed by atoms with van der Waals surface area (Å²) in [5.41, 5.74) is 3.65. The summed E-state index contributed by atoms with van der Waals surface area (Å²) in [5, 5.41) is 14.9. The van der Waals surface area contributed by atoms with Crippen LogP contribution in [-0.4, -0.2) is 42.8 Å². The van der Waals surface area contributed by atoms with Crippen LogP contribution < -0.4 is 10.6 Å². The van der Waals surface area contributed by atoms with Gasteiger partial charge in [-0.2, -0.15) is 0 Å². The molecule has 1 saturated carbocycles. The van der Waals surface area contributed by atoms with Crippen LogP contribution in [0.25, 0.3) is 11.1 Å². The minimum atomic E-state index is -1.02. The number of rotatable bonds is 8. The van der Waals surface area contributed by atoms with Crippen LogP contribution in [0, 0.1) is 17.3 Å². The first-order chi connectivity index (χ1) is 16.3. The van der Waals surface area contributed by atoms with Gasteiger partial charge in [-0.1, -0.05) is 55.0 Å². The van der Waals surface area contributed by atoms with E-state index in [1.165, 1.54) is 11.1 Å². The lowest BCUT2D eigenvalue weighted by Gasteiger charge is -2.23. The van der Waals surface area contributed by atoms with Gasteiger partial charge in [-0.05, 0) is 54.9 Å². The van der Waals surface area contributed by atoms with E-state index < -0.39 is 17.5 Å². The first-order valence-corrected chi connectivity index (χ1v) is 11.9. The molecule has 0 radical (unpaired) electrons. The number of carboxylic acids is 1. The summed E-state index contributed by atoms with van der Waals surface area (Å²) in [6.45, 7) is 3.85. The fourth-order valence-corrected chi connectivity index (χ4v) is 5.00. The van der Waals surface area contributed by atoms with E-state index >= 15 is 0 Å². The van der Waals surface area contributed by atoms with Gasteiger partial charge in [0.15, 0.2) is 0 Å². The molecule has 2 amide bonds. The number of fused-ring (bicyclic) bond motifs is 3. The molecule has 0 saturated heterocycles. The quantitative estimate of drug-likeness (QED) is 0.544. The molecule has 2 aliphatic carbocycles. The van der Waals surface area contributed by atoms with Crippen molar-refractivity contribution in [3.8, 4) is 11.1 Å². The van der Waals surface area contributed by atoms with E-state index in [1.54, 1.807) is 13.8 Å². The topological polar surface area (TPSA) is 105 Å². The van der Waals surface area contributed by atoms with Crippen molar-refractivity contribution in [3.63, 3.8) is 0 Å². The Balaban J connectivity index is 1.29. The summed E-state index contributed by atoms with van der Waals surface area (Å²) >= 11 is 0. The van der Waals surface area contributed by atoms with Crippen LogP contribution in [0.1, 0.15) is 50.2 Å². The normalized spacial score (nSPS) is 19.2. The lowest BCUT2D eigenvalue weighted by molar-refractivity contribution is -0.147. The molecular formula is C27H32N2O5. The standard InChI is InChI=1S/C27H32N2O5/c1-27(2,25(31)32)16-29-24(30)18-13-7-8-17(18)14-28-26(33)34-15-23-21-11-5-3-9-19(21)20-10-4-6-12-22(20)23/h3-6,9-12,17-18,23H,7-8,13-16H2,1-2H3,(H,28,33)(H,29,30)(H,31,32)/t17-,18-/m0/s1. The molecule has 0 heterocycles. The highest BCUT2D eigenvalue weighted by Crippen LogP contribution is 2.44. The maximum Gasteiger partial charge on any atom is 0.407 e. The van der Waals surface area contributed by atoms with Gasteiger partial charge in [0.2, 0.25) is 5.91 Å². The van der Waals surface area contributed by atoms with E-state index in [0.717, 1.165) is 30.4 Å². The third-order valence-electron chi connectivity index (χ3n) is 7.13. The second-order valence-corrected chi connectivity index (χ2v) is 9.91. The van der Waals surface area contributed by atoms with Crippen LogP contribution in [-0.2, 0) is 14.3 Å². The van der Waals surface area contributed by atoms with Crippen LogP contribution in [0.15, 0.2) is 48.5 Å². The number of carboxylic acid groups (broad SMARTS) is 1. The van der Waals surface area contributed by atoms with Crippen molar-refractivity contribution in [2.75, 3.05) is 19.7 Å². The average molecular weight is 465 g/mol. The average Bonchev–Trinajstić information content (AvgIpc) is 3.42. The van der Waals surface area contributed by atoms with Gasteiger partial charge in [0.1, 0.15) is 6.61 Å². The van der Waals surface area contributed by atoms with Crippen molar-refractivity contribution in [1.29, 1.82) is 0 Å². The predicted molar refractivity (Wildman–Crippen MR) is 128 cm³/mol. The Bertz CT molecular complexity index is 1030. The maximum atomic E-state index is 12.7. The van der Waals surface area contributed by atoms with Crippen LogP contribution in [0.4, 0.5) is 4.79 Å². The fraction of sp³-hybridized carbons (Fsp3) is 0.444. The van der Waals surface area contributed by atoms with E-state index in [9.17, 15) is 19.5 Å². The summed E-state index contributed by atoms with van der Waals surface area (Å²) in [4.78, 5) is 36.4. The van der Waals surface area contributed by atoms with Crippen LogP contribution >= 0.6 is 0 Å². The van der Waals surface area contributed by atoms with Gasteiger partial charge in [-0.15, -0.1) is 0 Å². The van der Waals surface area contributed by atoms with Gasteiger partial charge in [0.05, 0.1) is 5.41 Å². The lowest BCUT2D eigenvalue weighted by Crippen LogP contribution is -2.43. The first kappa shape index (κ1) is 23.8.